The van der Waals surface area contributed by atoms with Crippen molar-refractivity contribution in [1.29, 1.82) is 5.26 Å². The fraction of sp³-hybridized carbons (Fsp3) is 0.300. The van der Waals surface area contributed by atoms with Gasteiger partial charge >= 0.3 is 12.1 Å². The molecule has 40 heavy (non-hydrogen) atoms. The van der Waals surface area contributed by atoms with E-state index in [9.17, 15) is 18.0 Å². The number of halogens is 3. The van der Waals surface area contributed by atoms with Crippen LogP contribution in [-0.4, -0.2) is 53.2 Å². The van der Waals surface area contributed by atoms with Crippen LogP contribution in [0.1, 0.15) is 40.9 Å². The third-order valence-corrected chi connectivity index (χ3v) is 6.42. The number of amides is 1. The number of carbonyl (C=O) groups excluding carboxylic acids is 1. The number of nitrogens with zero attached hydrogens (tertiary/aromatic N) is 2. The van der Waals surface area contributed by atoms with E-state index in [1.54, 1.807) is 24.3 Å². The van der Waals surface area contributed by atoms with Gasteiger partial charge in [0.1, 0.15) is 0 Å². The molecule has 1 fully saturated rings. The van der Waals surface area contributed by atoms with Gasteiger partial charge in [0, 0.05) is 43.8 Å². The number of carboxylic acid groups (broad SMARTS) is 1. The number of benzene rings is 3. The minimum atomic E-state index is -5.08. The van der Waals surface area contributed by atoms with Gasteiger partial charge in [0.15, 0.2) is 0 Å². The van der Waals surface area contributed by atoms with Gasteiger partial charge in [-0.3, -0.25) is 9.69 Å². The van der Waals surface area contributed by atoms with Crippen LogP contribution in [0, 0.1) is 11.3 Å². The molecule has 0 spiro atoms. The molecule has 4 rings (SSSR count). The Morgan fingerprint density at radius 2 is 1.62 bits per heavy atom. The number of nitrogens with one attached hydrogen (secondary N) is 2. The number of nitriles is 1. The van der Waals surface area contributed by atoms with E-state index in [1.165, 1.54) is 11.1 Å². The fourth-order valence-corrected chi connectivity index (χ4v) is 4.28. The lowest BCUT2D eigenvalue weighted by molar-refractivity contribution is -0.192. The molecular weight excluding hydrogens is 521 g/mol. The van der Waals surface area contributed by atoms with Crippen molar-refractivity contribution in [1.82, 2.24) is 15.5 Å². The van der Waals surface area contributed by atoms with Crippen LogP contribution in [0.2, 0.25) is 0 Å². The predicted octanol–water partition coefficient (Wildman–Crippen LogP) is 4.97. The highest BCUT2D eigenvalue weighted by atomic mass is 19.4. The van der Waals surface area contributed by atoms with Crippen LogP contribution < -0.4 is 10.6 Å². The molecule has 0 saturated carbocycles. The van der Waals surface area contributed by atoms with Crippen molar-refractivity contribution in [2.75, 3.05) is 13.1 Å². The third-order valence-electron chi connectivity index (χ3n) is 6.42. The summed E-state index contributed by atoms with van der Waals surface area (Å²) in [6.07, 6.45) is -5.08. The molecule has 10 heteroatoms. The Hall–Kier alpha value is -4.20. The van der Waals surface area contributed by atoms with Crippen LogP contribution in [-0.2, 0) is 17.9 Å². The number of rotatable bonds is 6. The normalized spacial score (nSPS) is 17.2. The molecule has 2 unspecified atom stereocenters. The van der Waals surface area contributed by atoms with Crippen LogP contribution in [0.25, 0.3) is 11.1 Å². The van der Waals surface area contributed by atoms with E-state index in [2.05, 4.69) is 71.8 Å². The second kappa shape index (κ2) is 13.7. The van der Waals surface area contributed by atoms with Gasteiger partial charge in [0.05, 0.1) is 11.6 Å². The summed E-state index contributed by atoms with van der Waals surface area (Å²) in [6.45, 7) is 7.96. The van der Waals surface area contributed by atoms with E-state index in [0.717, 1.165) is 30.8 Å². The molecule has 2 atom stereocenters. The van der Waals surface area contributed by atoms with Crippen molar-refractivity contribution in [3.8, 4) is 17.2 Å². The highest BCUT2D eigenvalue weighted by Crippen LogP contribution is 2.23. The predicted molar refractivity (Wildman–Crippen MR) is 145 cm³/mol. The summed E-state index contributed by atoms with van der Waals surface area (Å²) in [5.41, 5.74) is 5.63. The van der Waals surface area contributed by atoms with E-state index in [-0.39, 0.29) is 5.91 Å². The molecular formula is C30H31F3N4O3. The van der Waals surface area contributed by atoms with E-state index < -0.39 is 12.1 Å². The Kier molecular flexibility index (Phi) is 10.4. The van der Waals surface area contributed by atoms with Gasteiger partial charge in [-0.1, -0.05) is 42.5 Å². The third kappa shape index (κ3) is 8.93. The average Bonchev–Trinajstić information content (AvgIpc) is 2.94. The molecule has 1 amide bonds. The number of carbonyl (C=O) groups is 2. The van der Waals surface area contributed by atoms with Gasteiger partial charge in [-0.05, 0) is 66.4 Å². The number of piperazine rings is 1. The highest BCUT2D eigenvalue weighted by molar-refractivity contribution is 5.94. The van der Waals surface area contributed by atoms with Gasteiger partial charge in [-0.15, -0.1) is 0 Å². The maximum atomic E-state index is 12.5. The molecule has 3 aromatic rings. The lowest BCUT2D eigenvalue weighted by Crippen LogP contribution is -2.53. The minimum absolute atomic E-state index is 0.182. The molecule has 1 aliphatic heterocycles. The Morgan fingerprint density at radius 3 is 2.25 bits per heavy atom. The zero-order chi connectivity index (χ0) is 29.3. The van der Waals surface area contributed by atoms with Gasteiger partial charge in [-0.2, -0.15) is 18.4 Å². The van der Waals surface area contributed by atoms with Crippen LogP contribution in [0.3, 0.4) is 0 Å². The number of hydrogen-bond donors (Lipinski definition) is 3. The van der Waals surface area contributed by atoms with Gasteiger partial charge < -0.3 is 15.7 Å². The summed E-state index contributed by atoms with van der Waals surface area (Å²) in [5.74, 6) is -2.94. The molecule has 0 aromatic heterocycles. The van der Waals surface area contributed by atoms with Crippen molar-refractivity contribution in [2.45, 2.75) is 45.2 Å². The number of carboxylic acids is 1. The van der Waals surface area contributed by atoms with Gasteiger partial charge in [-0.25, -0.2) is 4.79 Å². The Balaban J connectivity index is 0.000000559. The summed E-state index contributed by atoms with van der Waals surface area (Å²) < 4.78 is 31.7. The first-order chi connectivity index (χ1) is 19.0. The zero-order valence-corrected chi connectivity index (χ0v) is 22.2. The number of alkyl halides is 3. The molecule has 1 aliphatic rings. The first-order valence-corrected chi connectivity index (χ1v) is 12.7. The molecule has 1 heterocycles. The smallest absolute Gasteiger partial charge is 0.475 e. The monoisotopic (exact) mass is 552 g/mol. The zero-order valence-electron chi connectivity index (χ0n) is 22.2. The van der Waals surface area contributed by atoms with Crippen molar-refractivity contribution >= 4 is 11.9 Å². The first kappa shape index (κ1) is 30.3. The second-order valence-electron chi connectivity index (χ2n) is 9.67. The summed E-state index contributed by atoms with van der Waals surface area (Å²) in [4.78, 5) is 23.9. The largest absolute Gasteiger partial charge is 0.490 e. The quantitative estimate of drug-likeness (QED) is 0.399. The van der Waals surface area contributed by atoms with Gasteiger partial charge in [0.25, 0.3) is 5.91 Å². The molecule has 7 nitrogen and oxygen atoms in total. The topological polar surface area (TPSA) is 105 Å². The lowest BCUT2D eigenvalue weighted by atomic mass is 10.00. The molecule has 210 valence electrons. The summed E-state index contributed by atoms with van der Waals surface area (Å²) in [7, 11) is 0. The second-order valence-corrected chi connectivity index (χ2v) is 9.67. The minimum Gasteiger partial charge on any atom is -0.475 e. The highest BCUT2D eigenvalue weighted by Gasteiger charge is 2.38. The molecule has 0 radical (unpaired) electrons. The number of aliphatic carboxylic acids is 1. The Bertz CT molecular complexity index is 1370. The van der Waals surface area contributed by atoms with Crippen LogP contribution in [0.5, 0.6) is 0 Å². The van der Waals surface area contributed by atoms with Crippen LogP contribution >= 0.6 is 0 Å². The average molecular weight is 553 g/mol. The van der Waals surface area contributed by atoms with Crippen LogP contribution in [0.15, 0.2) is 72.8 Å². The van der Waals surface area contributed by atoms with Crippen molar-refractivity contribution in [3.05, 3.63) is 95.1 Å². The Morgan fingerprint density at radius 1 is 1.02 bits per heavy atom. The Labute approximate surface area is 231 Å². The van der Waals surface area contributed by atoms with E-state index in [1.807, 2.05) is 12.1 Å². The SMILES string of the molecule is CC1CN(Cc2cccc(-c3cccc(CNC(=O)c4cccc(C#N)c4)c3)c2)C(C)CN1.O=C(O)C(F)(F)F. The van der Waals surface area contributed by atoms with Crippen molar-refractivity contribution < 1.29 is 27.9 Å². The maximum Gasteiger partial charge on any atom is 0.490 e. The summed E-state index contributed by atoms with van der Waals surface area (Å²) >= 11 is 0. The number of hydrogen-bond acceptors (Lipinski definition) is 5. The molecule has 3 aromatic carbocycles. The standard InChI is InChI=1S/C28H30N4O.C2HF3O2/c1-20-18-32(21(2)16-30-20)19-24-8-5-10-26(14-24)25-9-4-7-23(13-25)17-31-28(33)27-11-3-6-22(12-27)15-29;3-2(4,5)1(6)7/h3-14,20-21,30H,16-19H2,1-2H3,(H,31,33);(H,6,7). The molecule has 0 bridgehead atoms. The molecule has 3 N–H and O–H groups in total. The van der Waals surface area contributed by atoms with E-state index in [0.29, 0.717) is 29.8 Å². The summed E-state index contributed by atoms with van der Waals surface area (Å²) in [6, 6.07) is 26.9. The molecule has 1 saturated heterocycles. The summed E-state index contributed by atoms with van der Waals surface area (Å²) in [5, 5.41) is 22.7. The maximum absolute atomic E-state index is 12.5. The molecule has 0 aliphatic carbocycles. The van der Waals surface area contributed by atoms with Crippen molar-refractivity contribution in [2.24, 2.45) is 0 Å². The van der Waals surface area contributed by atoms with E-state index >= 15 is 0 Å². The van der Waals surface area contributed by atoms with E-state index in [4.69, 9.17) is 15.2 Å². The fourth-order valence-electron chi connectivity index (χ4n) is 4.28. The lowest BCUT2D eigenvalue weighted by Gasteiger charge is -2.37. The first-order valence-electron chi connectivity index (χ1n) is 12.7. The van der Waals surface area contributed by atoms with Crippen LogP contribution in [0.4, 0.5) is 13.2 Å². The van der Waals surface area contributed by atoms with Gasteiger partial charge in [0.2, 0.25) is 0 Å². The van der Waals surface area contributed by atoms with Crippen molar-refractivity contribution in [3.63, 3.8) is 0 Å².